The van der Waals surface area contributed by atoms with Gasteiger partial charge in [-0.3, -0.25) is 25.1 Å². The first-order valence-electron chi connectivity index (χ1n) is 10.5. The lowest BCUT2D eigenvalue weighted by atomic mass is 10.1. The van der Waals surface area contributed by atoms with Gasteiger partial charge in [0.05, 0.1) is 23.3 Å². The number of aryl methyl sites for hydroxylation is 3. The number of pyridine rings is 1. The van der Waals surface area contributed by atoms with Gasteiger partial charge in [0.2, 0.25) is 0 Å². The van der Waals surface area contributed by atoms with Gasteiger partial charge in [-0.2, -0.15) is 5.10 Å². The number of nitrogens with one attached hydrogen (secondary N) is 2. The molecule has 0 fully saturated rings. The molecule has 3 aromatic rings. The summed E-state index contributed by atoms with van der Waals surface area (Å²) in [6.07, 6.45) is 4.56. The van der Waals surface area contributed by atoms with E-state index in [1.54, 1.807) is 42.1 Å². The van der Waals surface area contributed by atoms with Crippen molar-refractivity contribution >= 4 is 22.8 Å². The Balaban J connectivity index is 1.60. The van der Waals surface area contributed by atoms with Crippen LogP contribution in [0.4, 0.5) is 0 Å². The third-order valence-corrected chi connectivity index (χ3v) is 5.01. The zero-order valence-corrected chi connectivity index (χ0v) is 18.5. The largest absolute Gasteiger partial charge is 0.494 e. The van der Waals surface area contributed by atoms with Gasteiger partial charge in [-0.05, 0) is 50.6 Å². The van der Waals surface area contributed by atoms with Gasteiger partial charge < -0.3 is 4.74 Å². The Hall–Kier alpha value is -3.42. The molecule has 31 heavy (non-hydrogen) atoms. The SMILES string of the molecule is CCCCCCOc1ccc(C(=O)NNC(=O)c2cc(C)nc3c2c(C)nn3C)cc1. The van der Waals surface area contributed by atoms with Crippen LogP contribution in [0.3, 0.4) is 0 Å². The number of nitrogens with zero attached hydrogens (tertiary/aromatic N) is 3. The first-order valence-corrected chi connectivity index (χ1v) is 10.5. The zero-order valence-electron chi connectivity index (χ0n) is 18.5. The van der Waals surface area contributed by atoms with E-state index in [1.807, 2.05) is 13.8 Å². The zero-order chi connectivity index (χ0) is 22.4. The third kappa shape index (κ3) is 5.39. The Morgan fingerprint density at radius 3 is 2.45 bits per heavy atom. The summed E-state index contributed by atoms with van der Waals surface area (Å²) in [5, 5.41) is 5.00. The molecule has 3 rings (SSSR count). The maximum absolute atomic E-state index is 12.7. The van der Waals surface area contributed by atoms with Gasteiger partial charge in [-0.1, -0.05) is 26.2 Å². The van der Waals surface area contributed by atoms with Crippen LogP contribution in [0.1, 0.15) is 64.7 Å². The van der Waals surface area contributed by atoms with Gasteiger partial charge >= 0.3 is 0 Å². The molecule has 8 nitrogen and oxygen atoms in total. The summed E-state index contributed by atoms with van der Waals surface area (Å²) < 4.78 is 7.33. The molecular formula is C23H29N5O3. The number of hydrogen-bond donors (Lipinski definition) is 2. The summed E-state index contributed by atoms with van der Waals surface area (Å²) in [5.74, 6) is -0.112. The highest BCUT2D eigenvalue weighted by atomic mass is 16.5. The monoisotopic (exact) mass is 423 g/mol. The van der Waals surface area contributed by atoms with Gasteiger partial charge in [-0.25, -0.2) is 4.98 Å². The van der Waals surface area contributed by atoms with Gasteiger partial charge in [-0.15, -0.1) is 0 Å². The third-order valence-electron chi connectivity index (χ3n) is 5.01. The van der Waals surface area contributed by atoms with E-state index in [1.165, 1.54) is 12.8 Å². The molecule has 2 heterocycles. The maximum atomic E-state index is 12.7. The van der Waals surface area contributed by atoms with Crippen LogP contribution in [0.15, 0.2) is 30.3 Å². The number of carbonyl (C=O) groups excluding carboxylic acids is 2. The lowest BCUT2D eigenvalue weighted by molar-refractivity contribution is 0.0847. The van der Waals surface area contributed by atoms with Gasteiger partial charge in [0.1, 0.15) is 5.75 Å². The van der Waals surface area contributed by atoms with Crippen LogP contribution in [-0.4, -0.2) is 33.2 Å². The summed E-state index contributed by atoms with van der Waals surface area (Å²) in [4.78, 5) is 29.6. The number of fused-ring (bicyclic) bond motifs is 1. The van der Waals surface area contributed by atoms with Crippen LogP contribution in [0.2, 0.25) is 0 Å². The van der Waals surface area contributed by atoms with E-state index in [0.29, 0.717) is 40.2 Å². The average molecular weight is 424 g/mol. The van der Waals surface area contributed by atoms with Crippen molar-refractivity contribution < 1.29 is 14.3 Å². The van der Waals surface area contributed by atoms with E-state index in [2.05, 4.69) is 27.9 Å². The number of rotatable bonds is 8. The molecule has 0 spiro atoms. The number of aromatic nitrogens is 3. The predicted molar refractivity (Wildman–Crippen MR) is 119 cm³/mol. The molecule has 1 aromatic carbocycles. The lowest BCUT2D eigenvalue weighted by Gasteiger charge is -2.10. The number of hydrazine groups is 1. The quantitative estimate of drug-likeness (QED) is 0.426. The molecule has 0 radical (unpaired) electrons. The van der Waals surface area contributed by atoms with Crippen LogP contribution in [0.25, 0.3) is 11.0 Å². The molecule has 2 amide bonds. The number of benzene rings is 1. The maximum Gasteiger partial charge on any atom is 0.270 e. The minimum atomic E-state index is -0.424. The Morgan fingerprint density at radius 2 is 1.74 bits per heavy atom. The highest BCUT2D eigenvalue weighted by Crippen LogP contribution is 2.21. The predicted octanol–water partition coefficient (Wildman–Crippen LogP) is 3.62. The van der Waals surface area contributed by atoms with Crippen molar-refractivity contribution in [3.05, 3.63) is 52.8 Å². The smallest absolute Gasteiger partial charge is 0.270 e. The molecule has 164 valence electrons. The van der Waals surface area contributed by atoms with E-state index in [0.717, 1.165) is 18.6 Å². The summed E-state index contributed by atoms with van der Waals surface area (Å²) in [7, 11) is 1.78. The van der Waals surface area contributed by atoms with E-state index < -0.39 is 11.8 Å². The molecular weight excluding hydrogens is 394 g/mol. The standard InChI is InChI=1S/C23H29N5O3/c1-5-6-7-8-13-31-18-11-9-17(10-12-18)22(29)25-26-23(30)19-14-15(2)24-21-20(19)16(3)27-28(21)4/h9-12,14H,5-8,13H2,1-4H3,(H,25,29)(H,26,30). The Labute approximate surface area is 182 Å². The molecule has 8 heteroatoms. The Bertz CT molecular complexity index is 1070. The molecule has 0 bridgehead atoms. The number of amides is 2. The molecule has 0 atom stereocenters. The number of ether oxygens (including phenoxy) is 1. The molecule has 0 aliphatic heterocycles. The first kappa shape index (κ1) is 22.3. The molecule has 0 aliphatic carbocycles. The van der Waals surface area contributed by atoms with Crippen LogP contribution >= 0.6 is 0 Å². The second-order valence-corrected chi connectivity index (χ2v) is 7.56. The second kappa shape index (κ2) is 10.1. The average Bonchev–Trinajstić information content (AvgIpc) is 3.04. The fraction of sp³-hybridized carbons (Fsp3) is 0.391. The van der Waals surface area contributed by atoms with Gasteiger partial charge in [0.15, 0.2) is 5.65 Å². The van der Waals surface area contributed by atoms with Crippen molar-refractivity contribution in [1.29, 1.82) is 0 Å². The van der Waals surface area contributed by atoms with Crippen molar-refractivity contribution in [1.82, 2.24) is 25.6 Å². The molecule has 0 aliphatic rings. The van der Waals surface area contributed by atoms with Crippen molar-refractivity contribution in [2.45, 2.75) is 46.5 Å². The van der Waals surface area contributed by atoms with Gasteiger partial charge in [0.25, 0.3) is 11.8 Å². The van der Waals surface area contributed by atoms with E-state index >= 15 is 0 Å². The molecule has 0 saturated heterocycles. The number of carbonyl (C=O) groups is 2. The van der Waals surface area contributed by atoms with E-state index in [9.17, 15) is 9.59 Å². The summed E-state index contributed by atoms with van der Waals surface area (Å²) in [5.41, 5.74) is 7.81. The van der Waals surface area contributed by atoms with Crippen molar-refractivity contribution in [3.63, 3.8) is 0 Å². The fourth-order valence-electron chi connectivity index (χ4n) is 3.42. The van der Waals surface area contributed by atoms with Gasteiger partial charge in [0, 0.05) is 18.3 Å². The van der Waals surface area contributed by atoms with Crippen LogP contribution in [-0.2, 0) is 7.05 Å². The van der Waals surface area contributed by atoms with E-state index in [4.69, 9.17) is 4.74 Å². The lowest BCUT2D eigenvalue weighted by Crippen LogP contribution is -2.41. The first-order chi connectivity index (χ1) is 14.9. The summed E-state index contributed by atoms with van der Waals surface area (Å²) >= 11 is 0. The minimum absolute atomic E-state index is 0.409. The summed E-state index contributed by atoms with van der Waals surface area (Å²) in [6, 6.07) is 8.54. The normalized spacial score (nSPS) is 10.8. The highest BCUT2D eigenvalue weighted by Gasteiger charge is 2.18. The van der Waals surface area contributed by atoms with Crippen molar-refractivity contribution in [3.8, 4) is 5.75 Å². The van der Waals surface area contributed by atoms with Crippen molar-refractivity contribution in [2.75, 3.05) is 6.61 Å². The van der Waals surface area contributed by atoms with Crippen LogP contribution < -0.4 is 15.6 Å². The van der Waals surface area contributed by atoms with Crippen molar-refractivity contribution in [2.24, 2.45) is 7.05 Å². The Morgan fingerprint density at radius 1 is 1.03 bits per heavy atom. The molecule has 0 unspecified atom stereocenters. The fourth-order valence-corrected chi connectivity index (χ4v) is 3.42. The molecule has 2 N–H and O–H groups in total. The molecule has 0 saturated carbocycles. The highest BCUT2D eigenvalue weighted by molar-refractivity contribution is 6.07. The number of unbranched alkanes of at least 4 members (excludes halogenated alkanes) is 3. The topological polar surface area (TPSA) is 98.1 Å². The number of hydrogen-bond acceptors (Lipinski definition) is 5. The van der Waals surface area contributed by atoms with E-state index in [-0.39, 0.29) is 0 Å². The van der Waals surface area contributed by atoms with Crippen LogP contribution in [0, 0.1) is 13.8 Å². The second-order valence-electron chi connectivity index (χ2n) is 7.56. The summed E-state index contributed by atoms with van der Waals surface area (Å²) in [6.45, 7) is 6.47. The Kier molecular flexibility index (Phi) is 7.23. The minimum Gasteiger partial charge on any atom is -0.494 e. The molecule has 2 aromatic heterocycles. The van der Waals surface area contributed by atoms with Crippen LogP contribution in [0.5, 0.6) is 5.75 Å².